The van der Waals surface area contributed by atoms with Crippen LogP contribution < -0.4 is 10.6 Å². The zero-order chi connectivity index (χ0) is 19.6. The van der Waals surface area contributed by atoms with Crippen LogP contribution in [-0.2, 0) is 15.0 Å². The lowest BCUT2D eigenvalue weighted by Crippen LogP contribution is -2.51. The van der Waals surface area contributed by atoms with Crippen molar-refractivity contribution in [2.24, 2.45) is 0 Å². The van der Waals surface area contributed by atoms with Crippen LogP contribution in [-0.4, -0.2) is 17.7 Å². The Bertz CT molecular complexity index is 914. The van der Waals surface area contributed by atoms with Crippen molar-refractivity contribution in [3.8, 4) is 0 Å². The van der Waals surface area contributed by atoms with Crippen LogP contribution in [0.25, 0.3) is 0 Å². The molecule has 140 valence electrons. The second-order valence-corrected chi connectivity index (χ2v) is 7.79. The second-order valence-electron chi connectivity index (χ2n) is 6.47. The SMILES string of the molecule is CC[C@@]1(c2ccc(NC(=O)c3cc(Br)ccc3Cl)cc2)CCC(=O)NC1=O. The van der Waals surface area contributed by atoms with Crippen molar-refractivity contribution >= 4 is 50.9 Å². The lowest BCUT2D eigenvalue weighted by Gasteiger charge is -2.35. The number of anilines is 1. The summed E-state index contributed by atoms with van der Waals surface area (Å²) < 4.78 is 0.759. The van der Waals surface area contributed by atoms with E-state index in [-0.39, 0.29) is 17.7 Å². The van der Waals surface area contributed by atoms with Crippen LogP contribution in [0, 0.1) is 0 Å². The first-order chi connectivity index (χ1) is 12.9. The number of amides is 3. The molecule has 2 aromatic rings. The maximum absolute atomic E-state index is 12.5. The molecule has 1 saturated heterocycles. The van der Waals surface area contributed by atoms with E-state index < -0.39 is 5.41 Å². The van der Waals surface area contributed by atoms with Crippen molar-refractivity contribution in [1.82, 2.24) is 5.32 Å². The van der Waals surface area contributed by atoms with Crippen LogP contribution in [0.4, 0.5) is 5.69 Å². The van der Waals surface area contributed by atoms with E-state index in [1.165, 1.54) is 0 Å². The Balaban J connectivity index is 1.81. The van der Waals surface area contributed by atoms with Crippen molar-refractivity contribution in [3.05, 3.63) is 63.1 Å². The molecule has 0 bridgehead atoms. The first kappa shape index (κ1) is 19.6. The molecule has 1 aliphatic heterocycles. The fraction of sp³-hybridized carbons (Fsp3) is 0.250. The molecule has 1 atom stereocenters. The molecule has 27 heavy (non-hydrogen) atoms. The summed E-state index contributed by atoms with van der Waals surface area (Å²) in [6, 6.07) is 12.2. The molecule has 0 aromatic heterocycles. The molecule has 2 N–H and O–H groups in total. The van der Waals surface area contributed by atoms with E-state index in [2.05, 4.69) is 26.6 Å². The molecule has 0 unspecified atom stereocenters. The second kappa shape index (κ2) is 7.82. The largest absolute Gasteiger partial charge is 0.322 e. The maximum atomic E-state index is 12.5. The number of hydrogen-bond acceptors (Lipinski definition) is 3. The lowest BCUT2D eigenvalue weighted by molar-refractivity contribution is -0.138. The molecule has 1 heterocycles. The number of piperidine rings is 1. The summed E-state index contributed by atoms with van der Waals surface area (Å²) in [5.41, 5.74) is 1.07. The molecule has 0 aliphatic carbocycles. The van der Waals surface area contributed by atoms with Crippen molar-refractivity contribution in [1.29, 1.82) is 0 Å². The van der Waals surface area contributed by atoms with Gasteiger partial charge in [-0.1, -0.05) is 46.6 Å². The molecule has 5 nitrogen and oxygen atoms in total. The minimum atomic E-state index is -0.718. The standard InChI is InChI=1S/C20H18BrClN2O3/c1-2-20(10-9-17(25)24-19(20)27)12-3-6-14(7-4-12)23-18(26)15-11-13(21)5-8-16(15)22/h3-8,11H,2,9-10H2,1H3,(H,23,26)(H,24,25,27)/t20-/m0/s1. The third kappa shape index (κ3) is 3.92. The summed E-state index contributed by atoms with van der Waals surface area (Å²) in [6.07, 6.45) is 1.39. The minimum absolute atomic E-state index is 0.237. The van der Waals surface area contributed by atoms with Crippen molar-refractivity contribution < 1.29 is 14.4 Å². The van der Waals surface area contributed by atoms with Crippen LogP contribution >= 0.6 is 27.5 Å². The predicted molar refractivity (Wildman–Crippen MR) is 108 cm³/mol. The highest BCUT2D eigenvalue weighted by Gasteiger charge is 2.42. The van der Waals surface area contributed by atoms with Crippen molar-refractivity contribution in [3.63, 3.8) is 0 Å². The molecule has 1 fully saturated rings. The van der Waals surface area contributed by atoms with Crippen molar-refractivity contribution in [2.45, 2.75) is 31.6 Å². The zero-order valence-electron chi connectivity index (χ0n) is 14.6. The van der Waals surface area contributed by atoms with E-state index in [1.54, 1.807) is 30.3 Å². The number of carbonyl (C=O) groups is 3. The molecule has 0 spiro atoms. The molecule has 3 amide bonds. The Labute approximate surface area is 170 Å². The summed E-state index contributed by atoms with van der Waals surface area (Å²) >= 11 is 9.42. The number of carbonyl (C=O) groups excluding carboxylic acids is 3. The topological polar surface area (TPSA) is 75.3 Å². The van der Waals surface area contributed by atoms with E-state index in [0.717, 1.165) is 10.0 Å². The van der Waals surface area contributed by atoms with E-state index >= 15 is 0 Å². The Morgan fingerprint density at radius 2 is 1.93 bits per heavy atom. The lowest BCUT2D eigenvalue weighted by atomic mass is 9.72. The number of rotatable bonds is 4. The monoisotopic (exact) mass is 448 g/mol. The summed E-state index contributed by atoms with van der Waals surface area (Å²) in [7, 11) is 0. The molecule has 7 heteroatoms. The van der Waals surface area contributed by atoms with Gasteiger partial charge in [0.15, 0.2) is 0 Å². The Hall–Kier alpha value is -2.18. The molecule has 0 saturated carbocycles. The number of benzene rings is 2. The van der Waals surface area contributed by atoms with Gasteiger partial charge in [-0.3, -0.25) is 19.7 Å². The van der Waals surface area contributed by atoms with Gasteiger partial charge < -0.3 is 5.32 Å². The number of nitrogens with one attached hydrogen (secondary N) is 2. The van der Waals surface area contributed by atoms with E-state index in [0.29, 0.717) is 35.5 Å². The molecule has 0 radical (unpaired) electrons. The first-order valence-electron chi connectivity index (χ1n) is 8.57. The fourth-order valence-corrected chi connectivity index (χ4v) is 3.87. The number of halogens is 2. The van der Waals surface area contributed by atoms with Gasteiger partial charge in [0.2, 0.25) is 11.8 Å². The van der Waals surface area contributed by atoms with Crippen molar-refractivity contribution in [2.75, 3.05) is 5.32 Å². The average Bonchev–Trinajstić information content (AvgIpc) is 2.65. The van der Waals surface area contributed by atoms with Gasteiger partial charge in [0.05, 0.1) is 16.0 Å². The van der Waals surface area contributed by atoms with Gasteiger partial charge in [-0.25, -0.2) is 0 Å². The third-order valence-electron chi connectivity index (χ3n) is 4.94. The zero-order valence-corrected chi connectivity index (χ0v) is 17.0. The fourth-order valence-electron chi connectivity index (χ4n) is 3.31. The first-order valence-corrected chi connectivity index (χ1v) is 9.74. The molecule has 2 aromatic carbocycles. The van der Waals surface area contributed by atoms with Crippen LogP contribution in [0.5, 0.6) is 0 Å². The van der Waals surface area contributed by atoms with Crippen LogP contribution in [0.2, 0.25) is 5.02 Å². The van der Waals surface area contributed by atoms with Gasteiger partial charge in [-0.05, 0) is 48.7 Å². The summed E-state index contributed by atoms with van der Waals surface area (Å²) in [5, 5.41) is 5.60. The van der Waals surface area contributed by atoms with Crippen LogP contribution in [0.15, 0.2) is 46.9 Å². The highest BCUT2D eigenvalue weighted by atomic mass is 79.9. The smallest absolute Gasteiger partial charge is 0.257 e. The van der Waals surface area contributed by atoms with E-state index in [4.69, 9.17) is 11.6 Å². The number of hydrogen-bond donors (Lipinski definition) is 2. The van der Waals surface area contributed by atoms with Crippen LogP contribution in [0.1, 0.15) is 42.1 Å². The highest BCUT2D eigenvalue weighted by molar-refractivity contribution is 9.10. The average molecular weight is 450 g/mol. The van der Waals surface area contributed by atoms with Crippen LogP contribution in [0.3, 0.4) is 0 Å². The summed E-state index contributed by atoms with van der Waals surface area (Å²) in [5.74, 6) is -0.821. The van der Waals surface area contributed by atoms with E-state index in [1.807, 2.05) is 19.1 Å². The minimum Gasteiger partial charge on any atom is -0.322 e. The molecular formula is C20H18BrClN2O3. The predicted octanol–water partition coefficient (Wildman–Crippen LogP) is 4.44. The van der Waals surface area contributed by atoms with Gasteiger partial charge in [0.25, 0.3) is 5.91 Å². The molecule has 3 rings (SSSR count). The Morgan fingerprint density at radius 3 is 2.56 bits per heavy atom. The highest BCUT2D eigenvalue weighted by Crippen LogP contribution is 2.36. The van der Waals surface area contributed by atoms with E-state index in [9.17, 15) is 14.4 Å². The van der Waals surface area contributed by atoms with Gasteiger partial charge in [-0.15, -0.1) is 0 Å². The van der Waals surface area contributed by atoms with Gasteiger partial charge in [-0.2, -0.15) is 0 Å². The molecular weight excluding hydrogens is 432 g/mol. The van der Waals surface area contributed by atoms with Gasteiger partial charge >= 0.3 is 0 Å². The molecule has 1 aliphatic rings. The third-order valence-corrected chi connectivity index (χ3v) is 5.76. The normalized spacial score (nSPS) is 19.5. The maximum Gasteiger partial charge on any atom is 0.257 e. The summed E-state index contributed by atoms with van der Waals surface area (Å²) in [6.45, 7) is 1.93. The number of imide groups is 1. The Kier molecular flexibility index (Phi) is 5.67. The Morgan fingerprint density at radius 1 is 1.22 bits per heavy atom. The summed E-state index contributed by atoms with van der Waals surface area (Å²) in [4.78, 5) is 36.4. The van der Waals surface area contributed by atoms with Gasteiger partial charge in [0.1, 0.15) is 0 Å². The quantitative estimate of drug-likeness (QED) is 0.678. The van der Waals surface area contributed by atoms with Gasteiger partial charge in [0, 0.05) is 16.6 Å².